The molecule has 0 aliphatic carbocycles. The van der Waals surface area contributed by atoms with Crippen LogP contribution in [-0.2, 0) is 0 Å². The Balaban J connectivity index is 2.30. The Hall–Kier alpha value is -1.97. The van der Waals surface area contributed by atoms with Crippen LogP contribution in [0.25, 0.3) is 10.9 Å². The molecule has 1 unspecified atom stereocenters. The summed E-state index contributed by atoms with van der Waals surface area (Å²) in [6, 6.07) is 6.19. The van der Waals surface area contributed by atoms with Gasteiger partial charge in [0.05, 0.1) is 11.1 Å². The fourth-order valence-electron chi connectivity index (χ4n) is 1.63. The summed E-state index contributed by atoms with van der Waals surface area (Å²) in [6.45, 7) is 3.95. The summed E-state index contributed by atoms with van der Waals surface area (Å²) in [6.07, 6.45) is 2.34. The fraction of sp³-hybridized carbons (Fsp3) is 0.286. The van der Waals surface area contributed by atoms with E-state index in [1.165, 1.54) is 18.3 Å². The first kappa shape index (κ1) is 12.5. The summed E-state index contributed by atoms with van der Waals surface area (Å²) >= 11 is 0. The van der Waals surface area contributed by atoms with Crippen molar-refractivity contribution in [3.63, 3.8) is 0 Å². The summed E-state index contributed by atoms with van der Waals surface area (Å²) in [5.74, 6) is -0.477. The molecule has 0 bridgehead atoms. The Morgan fingerprint density at radius 2 is 2.22 bits per heavy atom. The molecule has 1 aromatic heterocycles. The minimum atomic E-state index is -0.327. The number of nitrogens with one attached hydrogen (secondary N) is 1. The summed E-state index contributed by atoms with van der Waals surface area (Å²) in [4.78, 5) is 16.0. The van der Waals surface area contributed by atoms with Crippen LogP contribution < -0.4 is 5.32 Å². The third-order valence-electron chi connectivity index (χ3n) is 2.90. The van der Waals surface area contributed by atoms with Crippen LogP contribution in [0.2, 0.25) is 0 Å². The number of carbonyl (C=O) groups is 1. The SMILES string of the molecule is CCC(C)NC(=O)c1cnc2cc(F)ccc2c1. The summed E-state index contributed by atoms with van der Waals surface area (Å²) in [5.41, 5.74) is 1.05. The molecule has 0 radical (unpaired) electrons. The second-order valence-corrected chi connectivity index (χ2v) is 4.34. The normalized spacial score (nSPS) is 12.4. The van der Waals surface area contributed by atoms with Gasteiger partial charge in [-0.2, -0.15) is 0 Å². The van der Waals surface area contributed by atoms with Crippen LogP contribution in [0, 0.1) is 5.82 Å². The quantitative estimate of drug-likeness (QED) is 0.904. The lowest BCUT2D eigenvalue weighted by Gasteiger charge is -2.11. The minimum absolute atomic E-state index is 0.126. The highest BCUT2D eigenvalue weighted by molar-refractivity contribution is 5.97. The third kappa shape index (κ3) is 2.64. The number of fused-ring (bicyclic) bond motifs is 1. The van der Waals surface area contributed by atoms with E-state index >= 15 is 0 Å². The zero-order valence-corrected chi connectivity index (χ0v) is 10.4. The van der Waals surface area contributed by atoms with Crippen molar-refractivity contribution in [3.05, 3.63) is 41.8 Å². The van der Waals surface area contributed by atoms with Crippen molar-refractivity contribution >= 4 is 16.8 Å². The van der Waals surface area contributed by atoms with Crippen LogP contribution >= 0.6 is 0 Å². The smallest absolute Gasteiger partial charge is 0.253 e. The minimum Gasteiger partial charge on any atom is -0.350 e. The monoisotopic (exact) mass is 246 g/mol. The number of nitrogens with zero attached hydrogens (tertiary/aromatic N) is 1. The number of carbonyl (C=O) groups excluding carboxylic acids is 1. The second kappa shape index (κ2) is 5.12. The van der Waals surface area contributed by atoms with E-state index < -0.39 is 0 Å². The number of hydrogen-bond acceptors (Lipinski definition) is 2. The van der Waals surface area contributed by atoms with Gasteiger partial charge in [-0.1, -0.05) is 6.92 Å². The Morgan fingerprint density at radius 3 is 2.94 bits per heavy atom. The lowest BCUT2D eigenvalue weighted by Crippen LogP contribution is -2.31. The number of rotatable bonds is 3. The highest BCUT2D eigenvalue weighted by Crippen LogP contribution is 2.14. The van der Waals surface area contributed by atoms with Gasteiger partial charge in [0.25, 0.3) is 5.91 Å². The molecule has 0 spiro atoms. The molecule has 0 fully saturated rings. The number of halogens is 1. The molecule has 1 amide bonds. The Labute approximate surface area is 105 Å². The molecule has 18 heavy (non-hydrogen) atoms. The van der Waals surface area contributed by atoms with Gasteiger partial charge in [0.2, 0.25) is 0 Å². The van der Waals surface area contributed by atoms with E-state index in [-0.39, 0.29) is 17.8 Å². The molecule has 4 heteroatoms. The van der Waals surface area contributed by atoms with Crippen molar-refractivity contribution in [2.24, 2.45) is 0 Å². The van der Waals surface area contributed by atoms with E-state index in [1.807, 2.05) is 13.8 Å². The Morgan fingerprint density at radius 1 is 1.44 bits per heavy atom. The Kier molecular flexibility index (Phi) is 3.55. The molecule has 0 saturated carbocycles. The predicted molar refractivity (Wildman–Crippen MR) is 68.9 cm³/mol. The van der Waals surface area contributed by atoms with Gasteiger partial charge in [0.1, 0.15) is 5.82 Å². The maximum absolute atomic E-state index is 13.0. The molecule has 2 rings (SSSR count). The maximum Gasteiger partial charge on any atom is 0.253 e. The fourth-order valence-corrected chi connectivity index (χ4v) is 1.63. The van der Waals surface area contributed by atoms with Gasteiger partial charge in [0.15, 0.2) is 0 Å². The first-order valence-corrected chi connectivity index (χ1v) is 5.96. The topological polar surface area (TPSA) is 42.0 Å². The molecular weight excluding hydrogens is 231 g/mol. The van der Waals surface area contributed by atoms with Gasteiger partial charge < -0.3 is 5.32 Å². The maximum atomic E-state index is 13.0. The van der Waals surface area contributed by atoms with Crippen LogP contribution in [-0.4, -0.2) is 16.9 Å². The highest BCUT2D eigenvalue weighted by Gasteiger charge is 2.09. The molecule has 1 N–H and O–H groups in total. The summed E-state index contributed by atoms with van der Waals surface area (Å²) < 4.78 is 13.0. The molecule has 1 aromatic carbocycles. The summed E-state index contributed by atoms with van der Waals surface area (Å²) in [5, 5.41) is 3.63. The number of hydrogen-bond donors (Lipinski definition) is 1. The van der Waals surface area contributed by atoms with Crippen molar-refractivity contribution < 1.29 is 9.18 Å². The zero-order chi connectivity index (χ0) is 13.1. The van der Waals surface area contributed by atoms with E-state index in [9.17, 15) is 9.18 Å². The Bertz CT molecular complexity index is 583. The molecular formula is C14H15FN2O. The molecule has 94 valence electrons. The lowest BCUT2D eigenvalue weighted by molar-refractivity contribution is 0.0939. The predicted octanol–water partition coefficient (Wildman–Crippen LogP) is 2.90. The average molecular weight is 246 g/mol. The van der Waals surface area contributed by atoms with Crippen LogP contribution in [0.3, 0.4) is 0 Å². The van der Waals surface area contributed by atoms with Gasteiger partial charge in [-0.15, -0.1) is 0 Å². The van der Waals surface area contributed by atoms with Crippen LogP contribution in [0.5, 0.6) is 0 Å². The van der Waals surface area contributed by atoms with Gasteiger partial charge in [-0.25, -0.2) is 4.39 Å². The van der Waals surface area contributed by atoms with Crippen LogP contribution in [0.1, 0.15) is 30.6 Å². The molecule has 1 atom stereocenters. The molecule has 1 heterocycles. The van der Waals surface area contributed by atoms with E-state index in [0.29, 0.717) is 11.1 Å². The van der Waals surface area contributed by atoms with Gasteiger partial charge in [-0.3, -0.25) is 9.78 Å². The standard InChI is InChI=1S/C14H15FN2O/c1-3-9(2)17-14(18)11-6-10-4-5-12(15)7-13(10)16-8-11/h4-9H,3H2,1-2H3,(H,17,18). The van der Waals surface area contributed by atoms with E-state index in [1.54, 1.807) is 12.1 Å². The molecule has 0 aliphatic heterocycles. The lowest BCUT2D eigenvalue weighted by atomic mass is 10.1. The number of pyridine rings is 1. The van der Waals surface area contributed by atoms with Crippen molar-refractivity contribution in [3.8, 4) is 0 Å². The first-order valence-electron chi connectivity index (χ1n) is 5.96. The van der Waals surface area contributed by atoms with E-state index in [4.69, 9.17) is 0 Å². The molecule has 0 aliphatic rings. The number of benzene rings is 1. The van der Waals surface area contributed by atoms with Crippen molar-refractivity contribution in [1.82, 2.24) is 10.3 Å². The average Bonchev–Trinajstić information content (AvgIpc) is 2.37. The van der Waals surface area contributed by atoms with Crippen molar-refractivity contribution in [2.75, 3.05) is 0 Å². The number of amides is 1. The largest absolute Gasteiger partial charge is 0.350 e. The summed E-state index contributed by atoms with van der Waals surface area (Å²) in [7, 11) is 0. The molecule has 0 saturated heterocycles. The van der Waals surface area contributed by atoms with E-state index in [0.717, 1.165) is 11.8 Å². The first-order chi connectivity index (χ1) is 8.60. The second-order valence-electron chi connectivity index (χ2n) is 4.34. The van der Waals surface area contributed by atoms with Gasteiger partial charge in [-0.05, 0) is 31.5 Å². The zero-order valence-electron chi connectivity index (χ0n) is 10.4. The van der Waals surface area contributed by atoms with Gasteiger partial charge >= 0.3 is 0 Å². The van der Waals surface area contributed by atoms with Crippen molar-refractivity contribution in [1.29, 1.82) is 0 Å². The van der Waals surface area contributed by atoms with Crippen molar-refractivity contribution in [2.45, 2.75) is 26.3 Å². The third-order valence-corrected chi connectivity index (χ3v) is 2.90. The number of aromatic nitrogens is 1. The highest BCUT2D eigenvalue weighted by atomic mass is 19.1. The molecule has 3 nitrogen and oxygen atoms in total. The van der Waals surface area contributed by atoms with Crippen LogP contribution in [0.4, 0.5) is 4.39 Å². The van der Waals surface area contributed by atoms with Gasteiger partial charge in [0, 0.05) is 23.7 Å². The van der Waals surface area contributed by atoms with E-state index in [2.05, 4.69) is 10.3 Å². The molecule has 2 aromatic rings. The van der Waals surface area contributed by atoms with Crippen LogP contribution in [0.15, 0.2) is 30.5 Å².